The summed E-state index contributed by atoms with van der Waals surface area (Å²) in [5, 5.41) is 0. The van der Waals surface area contributed by atoms with Crippen LogP contribution in [0.25, 0.3) is 0 Å². The Kier molecular flexibility index (Phi) is 2.54. The lowest BCUT2D eigenvalue weighted by atomic mass is 10.4. The van der Waals surface area contributed by atoms with Gasteiger partial charge in [-0.3, -0.25) is 0 Å². The zero-order chi connectivity index (χ0) is 7.56. The van der Waals surface area contributed by atoms with E-state index in [-0.39, 0.29) is 5.76 Å². The summed E-state index contributed by atoms with van der Waals surface area (Å²) in [5.74, 6) is 0.637. The Morgan fingerprint density at radius 2 is 2.30 bits per heavy atom. The molecule has 0 bridgehead atoms. The van der Waals surface area contributed by atoms with Gasteiger partial charge in [-0.15, -0.1) is 11.8 Å². The SMILES string of the molecule is CC1=C(C(F)F)OCCS1. The van der Waals surface area contributed by atoms with Gasteiger partial charge in [0.25, 0.3) is 6.43 Å². The molecule has 0 unspecified atom stereocenters. The summed E-state index contributed by atoms with van der Waals surface area (Å²) in [6.07, 6.45) is -2.45. The summed E-state index contributed by atoms with van der Waals surface area (Å²) in [5.41, 5.74) is 0. The van der Waals surface area contributed by atoms with Crippen LogP contribution >= 0.6 is 11.8 Å². The predicted molar refractivity (Wildman–Crippen MR) is 37.1 cm³/mol. The lowest BCUT2D eigenvalue weighted by Gasteiger charge is -2.17. The van der Waals surface area contributed by atoms with Crippen LogP contribution in [0.2, 0.25) is 0 Å². The van der Waals surface area contributed by atoms with Crippen LogP contribution in [-0.4, -0.2) is 18.8 Å². The third kappa shape index (κ3) is 1.62. The van der Waals surface area contributed by atoms with Crippen LogP contribution in [0.3, 0.4) is 0 Å². The molecule has 0 atom stereocenters. The van der Waals surface area contributed by atoms with E-state index in [2.05, 4.69) is 0 Å². The zero-order valence-corrected chi connectivity index (χ0v) is 6.38. The maximum Gasteiger partial charge on any atom is 0.295 e. The Morgan fingerprint density at radius 3 is 2.70 bits per heavy atom. The molecule has 0 radical (unpaired) electrons. The maximum absolute atomic E-state index is 12.0. The molecule has 0 aromatic rings. The normalized spacial score (nSPS) is 19.6. The smallest absolute Gasteiger partial charge is 0.295 e. The molecule has 1 aliphatic heterocycles. The monoisotopic (exact) mass is 166 g/mol. The number of alkyl halides is 2. The van der Waals surface area contributed by atoms with E-state index in [1.165, 1.54) is 11.8 Å². The van der Waals surface area contributed by atoms with Crippen LogP contribution in [0, 0.1) is 0 Å². The molecule has 4 heteroatoms. The maximum atomic E-state index is 12.0. The summed E-state index contributed by atoms with van der Waals surface area (Å²) >= 11 is 1.43. The summed E-state index contributed by atoms with van der Waals surface area (Å²) in [6.45, 7) is 2.06. The number of hydrogen-bond acceptors (Lipinski definition) is 2. The largest absolute Gasteiger partial charge is 0.490 e. The molecule has 0 saturated heterocycles. The minimum Gasteiger partial charge on any atom is -0.490 e. The van der Waals surface area contributed by atoms with Gasteiger partial charge >= 0.3 is 0 Å². The highest BCUT2D eigenvalue weighted by molar-refractivity contribution is 8.03. The summed E-state index contributed by atoms with van der Waals surface area (Å²) in [6, 6.07) is 0. The minimum atomic E-state index is -2.45. The molecule has 0 aromatic heterocycles. The highest BCUT2D eigenvalue weighted by Gasteiger charge is 2.19. The van der Waals surface area contributed by atoms with E-state index < -0.39 is 6.43 Å². The van der Waals surface area contributed by atoms with Crippen LogP contribution in [0.5, 0.6) is 0 Å². The topological polar surface area (TPSA) is 9.23 Å². The van der Waals surface area contributed by atoms with Crippen molar-refractivity contribution in [3.8, 4) is 0 Å². The van der Waals surface area contributed by atoms with Crippen molar-refractivity contribution in [2.75, 3.05) is 12.4 Å². The molecule has 0 spiro atoms. The number of ether oxygens (including phenoxy) is 1. The lowest BCUT2D eigenvalue weighted by Crippen LogP contribution is -2.11. The lowest BCUT2D eigenvalue weighted by molar-refractivity contribution is 0.0858. The van der Waals surface area contributed by atoms with Gasteiger partial charge in [0.1, 0.15) is 0 Å². The molecule has 0 N–H and O–H groups in total. The van der Waals surface area contributed by atoms with Crippen LogP contribution < -0.4 is 0 Å². The third-order valence-electron chi connectivity index (χ3n) is 1.20. The van der Waals surface area contributed by atoms with Crippen molar-refractivity contribution >= 4 is 11.8 Å². The first-order valence-corrected chi connectivity index (χ1v) is 3.95. The first-order chi connectivity index (χ1) is 4.72. The molecular weight excluding hydrogens is 158 g/mol. The van der Waals surface area contributed by atoms with Gasteiger partial charge in [0.2, 0.25) is 0 Å². The summed E-state index contributed by atoms with van der Waals surface area (Å²) < 4.78 is 28.7. The first kappa shape index (κ1) is 7.85. The molecule has 0 saturated carbocycles. The van der Waals surface area contributed by atoms with Gasteiger partial charge in [-0.05, 0) is 6.92 Å². The van der Waals surface area contributed by atoms with Gasteiger partial charge in [-0.1, -0.05) is 0 Å². The second-order valence-electron chi connectivity index (χ2n) is 1.92. The van der Waals surface area contributed by atoms with E-state index in [0.717, 1.165) is 5.75 Å². The van der Waals surface area contributed by atoms with E-state index >= 15 is 0 Å². The van der Waals surface area contributed by atoms with Gasteiger partial charge in [0, 0.05) is 10.7 Å². The molecular formula is C6H8F2OS. The Morgan fingerprint density at radius 1 is 1.60 bits per heavy atom. The fourth-order valence-electron chi connectivity index (χ4n) is 0.736. The predicted octanol–water partition coefficient (Wildman–Crippen LogP) is 2.25. The Bertz CT molecular complexity index is 156. The second kappa shape index (κ2) is 3.23. The molecule has 1 aliphatic rings. The molecule has 10 heavy (non-hydrogen) atoms. The second-order valence-corrected chi connectivity index (χ2v) is 3.23. The van der Waals surface area contributed by atoms with E-state index in [4.69, 9.17) is 4.74 Å². The minimum absolute atomic E-state index is 0.142. The third-order valence-corrected chi connectivity index (χ3v) is 2.21. The fraction of sp³-hybridized carbons (Fsp3) is 0.667. The van der Waals surface area contributed by atoms with Crippen LogP contribution in [0.15, 0.2) is 10.7 Å². The summed E-state index contributed by atoms with van der Waals surface area (Å²) in [4.78, 5) is 0.612. The Hall–Kier alpha value is -0.250. The average Bonchev–Trinajstić information content (AvgIpc) is 1.88. The zero-order valence-electron chi connectivity index (χ0n) is 5.56. The molecule has 0 aliphatic carbocycles. The Labute approximate surface area is 62.4 Å². The van der Waals surface area contributed by atoms with Crippen molar-refractivity contribution in [1.82, 2.24) is 0 Å². The molecule has 0 aromatic carbocycles. The molecule has 1 nitrogen and oxygen atoms in total. The van der Waals surface area contributed by atoms with Crippen LogP contribution in [-0.2, 0) is 4.74 Å². The molecule has 1 heterocycles. The average molecular weight is 166 g/mol. The molecule has 0 fully saturated rings. The van der Waals surface area contributed by atoms with Crippen molar-refractivity contribution in [3.63, 3.8) is 0 Å². The van der Waals surface area contributed by atoms with E-state index in [1.807, 2.05) is 0 Å². The Balaban J connectivity index is 2.68. The number of hydrogen-bond donors (Lipinski definition) is 0. The van der Waals surface area contributed by atoms with Crippen molar-refractivity contribution < 1.29 is 13.5 Å². The van der Waals surface area contributed by atoms with E-state index in [9.17, 15) is 8.78 Å². The molecule has 0 amide bonds. The summed E-state index contributed by atoms with van der Waals surface area (Å²) in [7, 11) is 0. The standard InChI is InChI=1S/C6H8F2OS/c1-4-5(6(7)8)9-2-3-10-4/h6H,2-3H2,1H3. The van der Waals surface area contributed by atoms with Gasteiger partial charge < -0.3 is 4.74 Å². The van der Waals surface area contributed by atoms with Gasteiger partial charge in [0.15, 0.2) is 5.76 Å². The highest BCUT2D eigenvalue weighted by atomic mass is 32.2. The fourth-order valence-corrected chi connectivity index (χ4v) is 1.50. The van der Waals surface area contributed by atoms with Crippen molar-refractivity contribution in [2.24, 2.45) is 0 Å². The number of halogens is 2. The van der Waals surface area contributed by atoms with Crippen LogP contribution in [0.4, 0.5) is 8.78 Å². The van der Waals surface area contributed by atoms with E-state index in [1.54, 1.807) is 6.92 Å². The van der Waals surface area contributed by atoms with E-state index in [0.29, 0.717) is 11.5 Å². The highest BCUT2D eigenvalue weighted by Crippen LogP contribution is 2.28. The van der Waals surface area contributed by atoms with Gasteiger partial charge in [-0.2, -0.15) is 0 Å². The number of allylic oxidation sites excluding steroid dienone is 2. The van der Waals surface area contributed by atoms with Gasteiger partial charge in [-0.25, -0.2) is 8.78 Å². The number of thioether (sulfide) groups is 1. The quantitative estimate of drug-likeness (QED) is 0.590. The van der Waals surface area contributed by atoms with Crippen molar-refractivity contribution in [3.05, 3.63) is 10.7 Å². The van der Waals surface area contributed by atoms with Gasteiger partial charge in [0.05, 0.1) is 6.61 Å². The van der Waals surface area contributed by atoms with Crippen LogP contribution in [0.1, 0.15) is 6.92 Å². The molecule has 1 rings (SSSR count). The number of rotatable bonds is 1. The van der Waals surface area contributed by atoms with Crippen molar-refractivity contribution in [1.29, 1.82) is 0 Å². The molecule has 58 valence electrons. The first-order valence-electron chi connectivity index (χ1n) is 2.96. The van der Waals surface area contributed by atoms with Crippen molar-refractivity contribution in [2.45, 2.75) is 13.3 Å².